The molecule has 1 aromatic heterocycles. The molecule has 30 heavy (non-hydrogen) atoms. The maximum atomic E-state index is 13.2. The number of hydrogen-bond donors (Lipinski definition) is 0. The molecule has 0 bridgehead atoms. The first kappa shape index (κ1) is 21.3. The van der Waals surface area contributed by atoms with Gasteiger partial charge in [0.05, 0.1) is 18.1 Å². The van der Waals surface area contributed by atoms with E-state index in [0.717, 1.165) is 21.7 Å². The van der Waals surface area contributed by atoms with Crippen molar-refractivity contribution in [1.29, 1.82) is 0 Å². The Hall–Kier alpha value is -1.90. The fraction of sp³-hybridized carbons (Fsp3) is 0.318. The number of thiazole rings is 1. The zero-order valence-electron chi connectivity index (χ0n) is 16.6. The third-order valence-electron chi connectivity index (χ3n) is 5.35. The maximum Gasteiger partial charge on any atom is 0.185 e. The topological polar surface area (TPSA) is 59.5 Å². The first-order valence-corrected chi connectivity index (χ1v) is 13.0. The third kappa shape index (κ3) is 4.55. The molecule has 0 unspecified atom stereocenters. The number of anilines is 1. The van der Waals surface area contributed by atoms with Crippen molar-refractivity contribution in [3.8, 4) is 5.75 Å². The highest BCUT2D eigenvalue weighted by Gasteiger charge is 2.34. The van der Waals surface area contributed by atoms with E-state index in [2.05, 4.69) is 38.3 Å². The average molecular weight is 507 g/mol. The molecule has 0 saturated carbocycles. The van der Waals surface area contributed by atoms with Gasteiger partial charge in [-0.1, -0.05) is 46.3 Å². The van der Waals surface area contributed by atoms with Crippen molar-refractivity contribution in [1.82, 2.24) is 4.98 Å². The van der Waals surface area contributed by atoms with Gasteiger partial charge in [-0.25, -0.2) is 13.4 Å². The van der Waals surface area contributed by atoms with E-state index in [0.29, 0.717) is 31.7 Å². The van der Waals surface area contributed by atoms with Crippen LogP contribution < -0.4 is 9.64 Å². The van der Waals surface area contributed by atoms with Gasteiger partial charge in [0.2, 0.25) is 0 Å². The van der Waals surface area contributed by atoms with Gasteiger partial charge in [-0.3, -0.25) is 0 Å². The van der Waals surface area contributed by atoms with Crippen LogP contribution in [-0.4, -0.2) is 38.9 Å². The second-order valence-electron chi connectivity index (χ2n) is 7.31. The minimum absolute atomic E-state index is 0.261. The Labute approximate surface area is 189 Å². The van der Waals surface area contributed by atoms with E-state index in [-0.39, 0.29) is 4.90 Å². The Kier molecular flexibility index (Phi) is 6.46. The van der Waals surface area contributed by atoms with Gasteiger partial charge in [0.15, 0.2) is 15.0 Å². The molecule has 0 atom stereocenters. The van der Waals surface area contributed by atoms with Gasteiger partial charge in [0.25, 0.3) is 0 Å². The molecule has 0 N–H and O–H groups in total. The van der Waals surface area contributed by atoms with E-state index >= 15 is 0 Å². The van der Waals surface area contributed by atoms with Gasteiger partial charge >= 0.3 is 0 Å². The number of nitrogens with zero attached hydrogens (tertiary/aromatic N) is 2. The number of aromatic nitrogens is 1. The van der Waals surface area contributed by atoms with Crippen LogP contribution in [0.4, 0.5) is 5.13 Å². The van der Waals surface area contributed by atoms with Crippen molar-refractivity contribution >= 4 is 42.2 Å². The van der Waals surface area contributed by atoms with Crippen LogP contribution in [0, 0.1) is 0 Å². The lowest BCUT2D eigenvalue weighted by atomic mass is 10.1. The second kappa shape index (κ2) is 9.08. The molecule has 2 aromatic carbocycles. The lowest BCUT2D eigenvalue weighted by molar-refractivity contribution is 0.401. The van der Waals surface area contributed by atoms with Gasteiger partial charge in [0, 0.05) is 29.4 Å². The van der Waals surface area contributed by atoms with E-state index < -0.39 is 15.1 Å². The van der Waals surface area contributed by atoms with Crippen LogP contribution in [0.25, 0.3) is 0 Å². The van der Waals surface area contributed by atoms with Crippen molar-refractivity contribution in [3.63, 3.8) is 0 Å². The summed E-state index contributed by atoms with van der Waals surface area (Å²) in [6.45, 7) is 1.36. The van der Waals surface area contributed by atoms with Crippen LogP contribution in [0.3, 0.4) is 0 Å². The monoisotopic (exact) mass is 506 g/mol. The molecule has 2 heterocycles. The van der Waals surface area contributed by atoms with Crippen LogP contribution >= 0.6 is 27.3 Å². The molecule has 0 aliphatic carbocycles. The molecule has 8 heteroatoms. The maximum absolute atomic E-state index is 13.2. The van der Waals surface area contributed by atoms with Gasteiger partial charge in [-0.05, 0) is 36.6 Å². The predicted molar refractivity (Wildman–Crippen MR) is 124 cm³/mol. The van der Waals surface area contributed by atoms with Gasteiger partial charge < -0.3 is 9.64 Å². The number of halogens is 1. The number of sulfone groups is 1. The van der Waals surface area contributed by atoms with Gasteiger partial charge in [-0.2, -0.15) is 0 Å². The van der Waals surface area contributed by atoms with E-state index in [4.69, 9.17) is 9.72 Å². The summed E-state index contributed by atoms with van der Waals surface area (Å²) in [5, 5.41) is 2.65. The smallest absolute Gasteiger partial charge is 0.185 e. The lowest BCUT2D eigenvalue weighted by Gasteiger charge is -2.31. The Morgan fingerprint density at radius 3 is 2.60 bits per heavy atom. The predicted octanol–water partition coefficient (Wildman–Crippen LogP) is 4.95. The summed E-state index contributed by atoms with van der Waals surface area (Å²) < 4.78 is 32.5. The highest BCUT2D eigenvalue weighted by atomic mass is 79.9. The molecular formula is C22H23BrN2O3S2. The van der Waals surface area contributed by atoms with Crippen LogP contribution in [-0.2, 0) is 16.3 Å². The van der Waals surface area contributed by atoms with E-state index in [1.54, 1.807) is 29.5 Å². The normalized spacial score (nSPS) is 15.3. The number of benzene rings is 2. The molecular weight excluding hydrogens is 484 g/mol. The molecule has 4 rings (SSSR count). The number of rotatable bonds is 6. The average Bonchev–Trinajstić information content (AvgIpc) is 3.23. The molecule has 1 saturated heterocycles. The van der Waals surface area contributed by atoms with Crippen LogP contribution in [0.2, 0.25) is 0 Å². The summed E-state index contributed by atoms with van der Waals surface area (Å²) in [5.74, 6) is 0.395. The highest BCUT2D eigenvalue weighted by Crippen LogP contribution is 2.34. The molecule has 0 spiro atoms. The largest absolute Gasteiger partial charge is 0.495 e. The molecule has 1 fully saturated rings. The third-order valence-corrected chi connectivity index (χ3v) is 9.08. The lowest BCUT2D eigenvalue weighted by Crippen LogP contribution is -2.39. The van der Waals surface area contributed by atoms with E-state index in [1.807, 2.05) is 18.2 Å². The summed E-state index contributed by atoms with van der Waals surface area (Å²) in [6, 6.07) is 15.4. The molecule has 0 radical (unpaired) electrons. The van der Waals surface area contributed by atoms with E-state index in [1.165, 1.54) is 12.7 Å². The quantitative estimate of drug-likeness (QED) is 0.473. The molecule has 1 aliphatic heterocycles. The Balaban J connectivity index is 1.43. The zero-order chi connectivity index (χ0) is 21.1. The summed E-state index contributed by atoms with van der Waals surface area (Å²) in [6.07, 6.45) is 1.96. The molecule has 0 amide bonds. The van der Waals surface area contributed by atoms with Crippen LogP contribution in [0.15, 0.2) is 63.3 Å². The summed E-state index contributed by atoms with van der Waals surface area (Å²) in [4.78, 5) is 7.24. The van der Waals surface area contributed by atoms with Crippen LogP contribution in [0.5, 0.6) is 5.75 Å². The van der Waals surface area contributed by atoms with Gasteiger partial charge in [-0.15, -0.1) is 11.3 Å². The Morgan fingerprint density at radius 1 is 1.17 bits per heavy atom. The fourth-order valence-corrected chi connectivity index (χ4v) is 7.04. The Morgan fingerprint density at radius 2 is 1.90 bits per heavy atom. The molecule has 158 valence electrons. The number of hydrogen-bond acceptors (Lipinski definition) is 6. The fourth-order valence-electron chi connectivity index (χ4n) is 3.74. The minimum atomic E-state index is -3.47. The van der Waals surface area contributed by atoms with Crippen molar-refractivity contribution in [3.05, 3.63) is 69.6 Å². The minimum Gasteiger partial charge on any atom is -0.495 e. The van der Waals surface area contributed by atoms with E-state index in [9.17, 15) is 8.42 Å². The number of piperidine rings is 1. The standard InChI is InChI=1S/C22H23BrN2O3S2/c1-28-20-8-7-17(23)14-21(20)30(26,27)19-9-11-25(12-10-19)22-24-18(15-29-22)13-16-5-3-2-4-6-16/h2-8,14-15,19H,9-13H2,1H3. The molecule has 5 nitrogen and oxygen atoms in total. The van der Waals surface area contributed by atoms with Crippen LogP contribution in [0.1, 0.15) is 24.1 Å². The first-order valence-electron chi connectivity index (χ1n) is 9.78. The molecule has 3 aromatic rings. The summed E-state index contributed by atoms with van der Waals surface area (Å²) >= 11 is 5.00. The van der Waals surface area contributed by atoms with Crippen molar-refractivity contribution in [2.45, 2.75) is 29.4 Å². The SMILES string of the molecule is COc1ccc(Br)cc1S(=O)(=O)C1CCN(c2nc(Cc3ccccc3)cs2)CC1. The Bertz CT molecular complexity index is 1110. The second-order valence-corrected chi connectivity index (χ2v) is 11.3. The van der Waals surface area contributed by atoms with Crippen molar-refractivity contribution in [2.24, 2.45) is 0 Å². The highest BCUT2D eigenvalue weighted by molar-refractivity contribution is 9.10. The number of ether oxygens (including phenoxy) is 1. The van der Waals surface area contributed by atoms with Gasteiger partial charge in [0.1, 0.15) is 10.6 Å². The zero-order valence-corrected chi connectivity index (χ0v) is 19.8. The summed E-state index contributed by atoms with van der Waals surface area (Å²) in [5.41, 5.74) is 2.29. The first-order chi connectivity index (χ1) is 14.5. The number of methoxy groups -OCH3 is 1. The van der Waals surface area contributed by atoms with Crippen molar-refractivity contribution < 1.29 is 13.2 Å². The summed E-state index contributed by atoms with van der Waals surface area (Å²) in [7, 11) is -1.97. The molecule has 1 aliphatic rings. The van der Waals surface area contributed by atoms with Crippen molar-refractivity contribution in [2.75, 3.05) is 25.1 Å².